The predicted molar refractivity (Wildman–Crippen MR) is 59.9 cm³/mol. The molecule has 0 heteroatoms. The second kappa shape index (κ2) is 5.47. The first-order valence-electron chi connectivity index (χ1n) is 5.94. The Morgan fingerprint density at radius 2 is 1.92 bits per heavy atom. The summed E-state index contributed by atoms with van der Waals surface area (Å²) in [5, 5.41) is 0. The van der Waals surface area contributed by atoms with Crippen LogP contribution in [0.15, 0.2) is 12.7 Å². The zero-order valence-electron chi connectivity index (χ0n) is 9.15. The fourth-order valence-electron chi connectivity index (χ4n) is 2.72. The summed E-state index contributed by atoms with van der Waals surface area (Å²) < 4.78 is 0. The molecule has 0 atom stereocenters. The van der Waals surface area contributed by atoms with E-state index in [0.29, 0.717) is 5.41 Å². The Hall–Kier alpha value is -0.260. The lowest BCUT2D eigenvalue weighted by atomic mass is 9.69. The molecule has 76 valence electrons. The fourth-order valence-corrected chi connectivity index (χ4v) is 2.72. The maximum absolute atomic E-state index is 3.91. The summed E-state index contributed by atoms with van der Waals surface area (Å²) in [4.78, 5) is 0. The van der Waals surface area contributed by atoms with Crippen molar-refractivity contribution in [3.05, 3.63) is 12.7 Å². The highest BCUT2D eigenvalue weighted by molar-refractivity contribution is 4.88. The lowest BCUT2D eigenvalue weighted by Gasteiger charge is -2.36. The van der Waals surface area contributed by atoms with E-state index >= 15 is 0 Å². The van der Waals surface area contributed by atoms with Gasteiger partial charge in [0.05, 0.1) is 0 Å². The van der Waals surface area contributed by atoms with Gasteiger partial charge in [0.2, 0.25) is 0 Å². The summed E-state index contributed by atoms with van der Waals surface area (Å²) in [5.74, 6) is 0. The average molecular weight is 180 g/mol. The van der Waals surface area contributed by atoms with E-state index in [4.69, 9.17) is 0 Å². The van der Waals surface area contributed by atoms with Gasteiger partial charge in [-0.25, -0.2) is 0 Å². The molecule has 0 nitrogen and oxygen atoms in total. The van der Waals surface area contributed by atoms with Gasteiger partial charge in [0.15, 0.2) is 0 Å². The van der Waals surface area contributed by atoms with Crippen LogP contribution >= 0.6 is 0 Å². The molecule has 0 spiro atoms. The van der Waals surface area contributed by atoms with Crippen LogP contribution in [0.3, 0.4) is 0 Å². The molecule has 0 radical (unpaired) electrons. The first-order chi connectivity index (χ1) is 6.33. The van der Waals surface area contributed by atoms with Crippen molar-refractivity contribution in [3.63, 3.8) is 0 Å². The van der Waals surface area contributed by atoms with Gasteiger partial charge < -0.3 is 0 Å². The zero-order valence-corrected chi connectivity index (χ0v) is 9.15. The molecule has 1 saturated carbocycles. The van der Waals surface area contributed by atoms with E-state index in [9.17, 15) is 0 Å². The first-order valence-corrected chi connectivity index (χ1v) is 5.94. The van der Waals surface area contributed by atoms with Crippen LogP contribution in [-0.4, -0.2) is 0 Å². The Morgan fingerprint density at radius 1 is 1.23 bits per heavy atom. The Labute approximate surface area is 83.4 Å². The minimum absolute atomic E-state index is 0.663. The Bertz CT molecular complexity index is 140. The maximum atomic E-state index is 3.91. The first kappa shape index (κ1) is 10.8. The molecule has 0 saturated heterocycles. The van der Waals surface area contributed by atoms with Gasteiger partial charge in [-0.15, -0.1) is 6.58 Å². The molecule has 0 bridgehead atoms. The van der Waals surface area contributed by atoms with Gasteiger partial charge in [0.25, 0.3) is 0 Å². The molecule has 0 unspecified atom stereocenters. The molecule has 0 heterocycles. The van der Waals surface area contributed by atoms with E-state index in [1.54, 1.807) is 0 Å². The number of hydrogen-bond donors (Lipinski definition) is 0. The molecule has 0 N–H and O–H groups in total. The highest BCUT2D eigenvalue weighted by Crippen LogP contribution is 2.43. The quantitative estimate of drug-likeness (QED) is 0.538. The molecule has 0 aromatic heterocycles. The van der Waals surface area contributed by atoms with E-state index in [1.807, 2.05) is 0 Å². The summed E-state index contributed by atoms with van der Waals surface area (Å²) in [6.45, 7) is 6.20. The third kappa shape index (κ3) is 3.17. The van der Waals surface area contributed by atoms with Gasteiger partial charge in [0.1, 0.15) is 0 Å². The standard InChI is InChI=1S/C13H24/c1-3-5-10-13(9-4-2)11-7-6-8-12-13/h4H,2-3,5-12H2,1H3. The molecule has 13 heavy (non-hydrogen) atoms. The van der Waals surface area contributed by atoms with E-state index in [1.165, 1.54) is 57.8 Å². The zero-order chi connectivity index (χ0) is 9.57. The van der Waals surface area contributed by atoms with Crippen LogP contribution in [0.2, 0.25) is 0 Å². The highest BCUT2D eigenvalue weighted by atomic mass is 14.3. The number of unbranched alkanes of at least 4 members (excludes halogenated alkanes) is 1. The highest BCUT2D eigenvalue weighted by Gasteiger charge is 2.29. The van der Waals surface area contributed by atoms with Crippen molar-refractivity contribution < 1.29 is 0 Å². The van der Waals surface area contributed by atoms with Crippen LogP contribution in [-0.2, 0) is 0 Å². The van der Waals surface area contributed by atoms with Gasteiger partial charge >= 0.3 is 0 Å². The minimum Gasteiger partial charge on any atom is -0.103 e. The SMILES string of the molecule is C=CCC1(CCCC)CCCCC1. The lowest BCUT2D eigenvalue weighted by Crippen LogP contribution is -2.23. The van der Waals surface area contributed by atoms with E-state index < -0.39 is 0 Å². The summed E-state index contributed by atoms with van der Waals surface area (Å²) >= 11 is 0. The van der Waals surface area contributed by atoms with Crippen LogP contribution in [0.25, 0.3) is 0 Å². The summed E-state index contributed by atoms with van der Waals surface area (Å²) in [6, 6.07) is 0. The molecule has 1 aliphatic rings. The number of hydrogen-bond acceptors (Lipinski definition) is 0. The third-order valence-corrected chi connectivity index (χ3v) is 3.55. The molecule has 1 aliphatic carbocycles. The molecule has 1 rings (SSSR count). The third-order valence-electron chi connectivity index (χ3n) is 3.55. The topological polar surface area (TPSA) is 0 Å². The Kier molecular flexibility index (Phi) is 4.55. The minimum atomic E-state index is 0.663. The van der Waals surface area contributed by atoms with Crippen molar-refractivity contribution in [1.29, 1.82) is 0 Å². The van der Waals surface area contributed by atoms with Gasteiger partial charge in [-0.2, -0.15) is 0 Å². The smallest absolute Gasteiger partial charge is 0.0263 e. The van der Waals surface area contributed by atoms with Crippen LogP contribution in [0, 0.1) is 5.41 Å². The van der Waals surface area contributed by atoms with Gasteiger partial charge in [-0.1, -0.05) is 45.1 Å². The number of allylic oxidation sites excluding steroid dienone is 1. The molecule has 0 amide bonds. The van der Waals surface area contributed by atoms with E-state index in [0.717, 1.165) is 0 Å². The molecule has 1 fully saturated rings. The molecular weight excluding hydrogens is 156 g/mol. The van der Waals surface area contributed by atoms with Crippen molar-refractivity contribution in [2.45, 2.75) is 64.7 Å². The number of rotatable bonds is 5. The molecule has 0 aromatic rings. The van der Waals surface area contributed by atoms with Gasteiger partial charge in [-0.3, -0.25) is 0 Å². The summed E-state index contributed by atoms with van der Waals surface area (Å²) in [5.41, 5.74) is 0.663. The molecular formula is C13H24. The normalized spacial score (nSPS) is 21.3. The maximum Gasteiger partial charge on any atom is -0.0263 e. The van der Waals surface area contributed by atoms with Crippen LogP contribution in [0.4, 0.5) is 0 Å². The van der Waals surface area contributed by atoms with Crippen LogP contribution in [0.1, 0.15) is 64.7 Å². The van der Waals surface area contributed by atoms with Crippen LogP contribution < -0.4 is 0 Å². The summed E-state index contributed by atoms with van der Waals surface area (Å²) in [6.07, 6.45) is 14.9. The monoisotopic (exact) mass is 180 g/mol. The lowest BCUT2D eigenvalue weighted by molar-refractivity contribution is 0.171. The second-order valence-electron chi connectivity index (χ2n) is 4.66. The van der Waals surface area contributed by atoms with Crippen molar-refractivity contribution in [3.8, 4) is 0 Å². The summed E-state index contributed by atoms with van der Waals surface area (Å²) in [7, 11) is 0. The van der Waals surface area contributed by atoms with Crippen molar-refractivity contribution in [2.75, 3.05) is 0 Å². The Balaban J connectivity index is 2.45. The van der Waals surface area contributed by atoms with Crippen LogP contribution in [0.5, 0.6) is 0 Å². The Morgan fingerprint density at radius 3 is 2.46 bits per heavy atom. The predicted octanol–water partition coefficient (Wildman–Crippen LogP) is 4.70. The largest absolute Gasteiger partial charge is 0.103 e. The van der Waals surface area contributed by atoms with Gasteiger partial charge in [0, 0.05) is 0 Å². The van der Waals surface area contributed by atoms with Crippen molar-refractivity contribution >= 4 is 0 Å². The van der Waals surface area contributed by atoms with E-state index in [-0.39, 0.29) is 0 Å². The van der Waals surface area contributed by atoms with E-state index in [2.05, 4.69) is 19.6 Å². The van der Waals surface area contributed by atoms with Crippen molar-refractivity contribution in [1.82, 2.24) is 0 Å². The second-order valence-corrected chi connectivity index (χ2v) is 4.66. The molecule has 0 aromatic carbocycles. The average Bonchev–Trinajstić information content (AvgIpc) is 2.17. The van der Waals surface area contributed by atoms with Crippen molar-refractivity contribution in [2.24, 2.45) is 5.41 Å². The molecule has 0 aliphatic heterocycles. The van der Waals surface area contributed by atoms with Gasteiger partial charge in [-0.05, 0) is 31.1 Å². The fraction of sp³-hybridized carbons (Fsp3) is 0.846.